The van der Waals surface area contributed by atoms with E-state index in [1.165, 1.54) is 5.56 Å². The number of carbonyl (C=O) groups excluding carboxylic acids is 1. The maximum atomic E-state index is 12.5. The standard InChI is InChI=1S/C19H30N2O3.ClH/c1-13-5-8-18(14(2)11-13)24-10-4-9-21(3)19(23)15-6-7-17(22)16(20)12-15;/h5,8,11,15-17,22H,4,6-7,9-10,12,20H2,1-3H3;1H/t15-,16+,17+;/m0./s1. The maximum Gasteiger partial charge on any atom is 0.225 e. The van der Waals surface area contributed by atoms with Gasteiger partial charge < -0.3 is 20.5 Å². The molecule has 0 aromatic heterocycles. The Morgan fingerprint density at radius 2 is 2.08 bits per heavy atom. The Morgan fingerprint density at radius 3 is 2.72 bits per heavy atom. The first-order chi connectivity index (χ1) is 11.4. The van der Waals surface area contributed by atoms with Crippen LogP contribution in [0.4, 0.5) is 0 Å². The van der Waals surface area contributed by atoms with E-state index in [-0.39, 0.29) is 30.3 Å². The molecule has 1 aromatic rings. The molecule has 1 aromatic carbocycles. The topological polar surface area (TPSA) is 75.8 Å². The number of benzene rings is 1. The highest BCUT2D eigenvalue weighted by Crippen LogP contribution is 2.25. The zero-order valence-corrected chi connectivity index (χ0v) is 16.2. The van der Waals surface area contributed by atoms with Gasteiger partial charge in [0, 0.05) is 25.6 Å². The maximum absolute atomic E-state index is 12.5. The van der Waals surface area contributed by atoms with Crippen LogP contribution in [-0.4, -0.2) is 48.3 Å². The molecule has 0 bridgehead atoms. The molecule has 0 spiro atoms. The first kappa shape index (κ1) is 21.7. The molecule has 0 aliphatic heterocycles. The summed E-state index contributed by atoms with van der Waals surface area (Å²) in [6.07, 6.45) is 2.23. The smallest absolute Gasteiger partial charge is 0.225 e. The van der Waals surface area contributed by atoms with Gasteiger partial charge in [0.05, 0.1) is 12.7 Å². The van der Waals surface area contributed by atoms with Crippen molar-refractivity contribution in [3.05, 3.63) is 29.3 Å². The van der Waals surface area contributed by atoms with Crippen LogP contribution in [0.3, 0.4) is 0 Å². The van der Waals surface area contributed by atoms with Crippen LogP contribution in [-0.2, 0) is 4.79 Å². The van der Waals surface area contributed by atoms with Crippen molar-refractivity contribution in [1.29, 1.82) is 0 Å². The minimum Gasteiger partial charge on any atom is -0.493 e. The predicted molar refractivity (Wildman–Crippen MR) is 102 cm³/mol. The van der Waals surface area contributed by atoms with Crippen molar-refractivity contribution in [3.8, 4) is 5.75 Å². The van der Waals surface area contributed by atoms with Gasteiger partial charge in [0.2, 0.25) is 5.91 Å². The van der Waals surface area contributed by atoms with Crippen molar-refractivity contribution < 1.29 is 14.6 Å². The number of aryl methyl sites for hydroxylation is 2. The Bertz CT molecular complexity index is 568. The molecule has 1 fully saturated rings. The third kappa shape index (κ3) is 6.17. The lowest BCUT2D eigenvalue weighted by molar-refractivity contribution is -0.136. The Labute approximate surface area is 156 Å². The molecule has 2 rings (SSSR count). The second kappa shape index (κ2) is 10.00. The van der Waals surface area contributed by atoms with Crippen molar-refractivity contribution in [3.63, 3.8) is 0 Å². The normalized spacial score (nSPS) is 22.8. The van der Waals surface area contributed by atoms with E-state index in [0.717, 1.165) is 24.2 Å². The van der Waals surface area contributed by atoms with Crippen molar-refractivity contribution in [1.82, 2.24) is 4.90 Å². The van der Waals surface area contributed by atoms with E-state index in [1.807, 2.05) is 26.1 Å². The van der Waals surface area contributed by atoms with Crippen molar-refractivity contribution in [2.75, 3.05) is 20.2 Å². The van der Waals surface area contributed by atoms with E-state index in [1.54, 1.807) is 4.90 Å². The molecule has 5 nitrogen and oxygen atoms in total. The van der Waals surface area contributed by atoms with Crippen LogP contribution in [0.5, 0.6) is 5.75 Å². The van der Waals surface area contributed by atoms with E-state index in [2.05, 4.69) is 13.0 Å². The Morgan fingerprint density at radius 1 is 1.36 bits per heavy atom. The number of rotatable bonds is 6. The van der Waals surface area contributed by atoms with Gasteiger partial charge in [0.15, 0.2) is 0 Å². The van der Waals surface area contributed by atoms with Gasteiger partial charge in [-0.1, -0.05) is 17.7 Å². The van der Waals surface area contributed by atoms with Crippen LogP contribution in [0.2, 0.25) is 0 Å². The molecular weight excluding hydrogens is 340 g/mol. The molecule has 0 heterocycles. The molecule has 1 aliphatic carbocycles. The van der Waals surface area contributed by atoms with Gasteiger partial charge in [-0.2, -0.15) is 0 Å². The van der Waals surface area contributed by atoms with Gasteiger partial charge in [0.1, 0.15) is 5.75 Å². The number of hydrogen-bond acceptors (Lipinski definition) is 4. The second-order valence-corrected chi connectivity index (χ2v) is 6.97. The minimum absolute atomic E-state index is 0. The average molecular weight is 371 g/mol. The Balaban J connectivity index is 0.00000312. The SMILES string of the molecule is Cc1ccc(OCCCN(C)C(=O)[C@H]2CC[C@@H](O)[C@H](N)C2)c(C)c1.Cl. The molecule has 6 heteroatoms. The number of nitrogens with zero attached hydrogens (tertiary/aromatic N) is 1. The minimum atomic E-state index is -0.467. The summed E-state index contributed by atoms with van der Waals surface area (Å²) in [6.45, 7) is 5.36. The molecule has 3 atom stereocenters. The summed E-state index contributed by atoms with van der Waals surface area (Å²) in [4.78, 5) is 14.2. The molecule has 1 amide bonds. The highest BCUT2D eigenvalue weighted by molar-refractivity contribution is 5.85. The van der Waals surface area contributed by atoms with E-state index < -0.39 is 6.10 Å². The lowest BCUT2D eigenvalue weighted by Crippen LogP contribution is -2.45. The summed E-state index contributed by atoms with van der Waals surface area (Å²) in [5, 5.41) is 9.67. The zero-order valence-electron chi connectivity index (χ0n) is 15.4. The second-order valence-electron chi connectivity index (χ2n) is 6.97. The van der Waals surface area contributed by atoms with Crippen molar-refractivity contribution in [2.24, 2.45) is 11.7 Å². The number of nitrogens with two attached hydrogens (primary N) is 1. The van der Waals surface area contributed by atoms with E-state index in [0.29, 0.717) is 26.0 Å². The fraction of sp³-hybridized carbons (Fsp3) is 0.632. The highest BCUT2D eigenvalue weighted by atomic mass is 35.5. The number of hydrogen-bond donors (Lipinski definition) is 2. The Kier molecular flexibility index (Phi) is 8.69. The van der Waals surface area contributed by atoms with Crippen LogP contribution in [0, 0.1) is 19.8 Å². The zero-order chi connectivity index (χ0) is 17.7. The molecular formula is C19H31ClN2O3. The Hall–Kier alpha value is -1.30. The molecule has 0 unspecified atom stereocenters. The van der Waals surface area contributed by atoms with Crippen LogP contribution in [0.25, 0.3) is 0 Å². The summed E-state index contributed by atoms with van der Waals surface area (Å²) >= 11 is 0. The summed E-state index contributed by atoms with van der Waals surface area (Å²) in [7, 11) is 1.83. The third-order valence-corrected chi connectivity index (χ3v) is 4.81. The molecule has 1 aliphatic rings. The molecule has 0 radical (unpaired) electrons. The van der Waals surface area contributed by atoms with Crippen molar-refractivity contribution in [2.45, 2.75) is 51.7 Å². The highest BCUT2D eigenvalue weighted by Gasteiger charge is 2.32. The van der Waals surface area contributed by atoms with Crippen LogP contribution < -0.4 is 10.5 Å². The predicted octanol–water partition coefficient (Wildman–Crippen LogP) is 2.44. The van der Waals surface area contributed by atoms with Crippen LogP contribution >= 0.6 is 12.4 Å². The summed E-state index contributed by atoms with van der Waals surface area (Å²) in [5.41, 5.74) is 8.23. The summed E-state index contributed by atoms with van der Waals surface area (Å²) < 4.78 is 5.81. The van der Waals surface area contributed by atoms with Gasteiger partial charge in [0.25, 0.3) is 0 Å². The third-order valence-electron chi connectivity index (χ3n) is 4.81. The average Bonchev–Trinajstić information content (AvgIpc) is 2.54. The molecule has 1 saturated carbocycles. The quantitative estimate of drug-likeness (QED) is 0.754. The molecule has 25 heavy (non-hydrogen) atoms. The van der Waals surface area contributed by atoms with Gasteiger partial charge in [-0.05, 0) is 51.2 Å². The fourth-order valence-corrected chi connectivity index (χ4v) is 3.28. The summed E-state index contributed by atoms with van der Waals surface area (Å²) in [5.74, 6) is 0.972. The van der Waals surface area contributed by atoms with E-state index in [4.69, 9.17) is 10.5 Å². The summed E-state index contributed by atoms with van der Waals surface area (Å²) in [6, 6.07) is 5.85. The monoisotopic (exact) mass is 370 g/mol. The van der Waals surface area contributed by atoms with E-state index >= 15 is 0 Å². The van der Waals surface area contributed by atoms with Gasteiger partial charge in [-0.25, -0.2) is 0 Å². The fourth-order valence-electron chi connectivity index (χ4n) is 3.28. The number of aliphatic hydroxyl groups is 1. The molecule has 142 valence electrons. The van der Waals surface area contributed by atoms with E-state index in [9.17, 15) is 9.90 Å². The van der Waals surface area contributed by atoms with Crippen molar-refractivity contribution >= 4 is 18.3 Å². The molecule has 0 saturated heterocycles. The lowest BCUT2D eigenvalue weighted by Gasteiger charge is -2.32. The first-order valence-electron chi connectivity index (χ1n) is 8.77. The molecule has 3 N–H and O–H groups in total. The number of halogens is 1. The van der Waals surface area contributed by atoms with Gasteiger partial charge in [-0.15, -0.1) is 12.4 Å². The van der Waals surface area contributed by atoms with Crippen LogP contribution in [0.1, 0.15) is 36.8 Å². The largest absolute Gasteiger partial charge is 0.493 e. The van der Waals surface area contributed by atoms with Crippen LogP contribution in [0.15, 0.2) is 18.2 Å². The lowest BCUT2D eigenvalue weighted by atomic mass is 9.83. The van der Waals surface area contributed by atoms with Gasteiger partial charge in [-0.3, -0.25) is 4.79 Å². The van der Waals surface area contributed by atoms with Gasteiger partial charge >= 0.3 is 0 Å². The number of amides is 1. The number of carbonyl (C=O) groups is 1. The first-order valence-corrected chi connectivity index (χ1v) is 8.77. The number of ether oxygens (including phenoxy) is 1. The number of aliphatic hydroxyl groups excluding tert-OH is 1.